The van der Waals surface area contributed by atoms with Crippen LogP contribution in [0.25, 0.3) is 0 Å². The Morgan fingerprint density at radius 3 is 2.69 bits per heavy atom. The third-order valence-electron chi connectivity index (χ3n) is 2.12. The number of allylic oxidation sites excluding steroid dienone is 1. The molecule has 4 nitrogen and oxygen atoms in total. The predicted octanol–water partition coefficient (Wildman–Crippen LogP) is 2.60. The van der Waals surface area contributed by atoms with Gasteiger partial charge < -0.3 is 4.74 Å². The lowest BCUT2D eigenvalue weighted by atomic mass is 10.1. The van der Waals surface area contributed by atoms with Crippen LogP contribution in [0.1, 0.15) is 18.6 Å². The molecule has 0 aliphatic rings. The first kappa shape index (κ1) is 12.4. The molecule has 0 N–H and O–H groups in total. The van der Waals surface area contributed by atoms with Crippen molar-refractivity contribution in [2.24, 2.45) is 0 Å². The number of nitro groups is 1. The van der Waals surface area contributed by atoms with Crippen LogP contribution in [-0.2, 0) is 4.74 Å². The lowest BCUT2D eigenvalue weighted by Crippen LogP contribution is -2.15. The minimum absolute atomic E-state index is 0.207. The van der Waals surface area contributed by atoms with Gasteiger partial charge in [-0.3, -0.25) is 10.1 Å². The standard InChI is InChI=1S/C12H15NO3/c1-2-3-9-16-12(10-13(14)15)11-7-5-4-6-8-11/h2-8,12H,9-10H2,1H3/b3-2+. The molecule has 0 amide bonds. The molecule has 0 heterocycles. The van der Waals surface area contributed by atoms with Crippen LogP contribution in [-0.4, -0.2) is 18.1 Å². The summed E-state index contributed by atoms with van der Waals surface area (Å²) in [7, 11) is 0. The predicted molar refractivity (Wildman–Crippen MR) is 61.8 cm³/mol. The second-order valence-electron chi connectivity index (χ2n) is 3.32. The van der Waals surface area contributed by atoms with Gasteiger partial charge in [-0.05, 0) is 12.5 Å². The average Bonchev–Trinajstić information content (AvgIpc) is 2.29. The van der Waals surface area contributed by atoms with Gasteiger partial charge in [0.2, 0.25) is 6.54 Å². The van der Waals surface area contributed by atoms with Gasteiger partial charge in [0.05, 0.1) is 6.61 Å². The molecule has 0 aliphatic carbocycles. The van der Waals surface area contributed by atoms with Crippen molar-refractivity contribution in [2.75, 3.05) is 13.2 Å². The van der Waals surface area contributed by atoms with E-state index in [1.54, 1.807) is 0 Å². The van der Waals surface area contributed by atoms with Crippen molar-refractivity contribution in [2.45, 2.75) is 13.0 Å². The molecule has 1 rings (SSSR count). The van der Waals surface area contributed by atoms with Crippen molar-refractivity contribution in [1.29, 1.82) is 0 Å². The van der Waals surface area contributed by atoms with Crippen molar-refractivity contribution in [3.63, 3.8) is 0 Å². The smallest absolute Gasteiger partial charge is 0.233 e. The number of rotatable bonds is 6. The Labute approximate surface area is 94.7 Å². The summed E-state index contributed by atoms with van der Waals surface area (Å²) in [4.78, 5) is 10.2. The highest BCUT2D eigenvalue weighted by Gasteiger charge is 2.17. The van der Waals surface area contributed by atoms with E-state index in [1.807, 2.05) is 49.4 Å². The summed E-state index contributed by atoms with van der Waals surface area (Å²) >= 11 is 0. The fourth-order valence-corrected chi connectivity index (χ4v) is 1.33. The van der Waals surface area contributed by atoms with Crippen molar-refractivity contribution in [1.82, 2.24) is 0 Å². The first-order valence-electron chi connectivity index (χ1n) is 5.13. The van der Waals surface area contributed by atoms with Crippen LogP contribution in [0.4, 0.5) is 0 Å². The summed E-state index contributed by atoms with van der Waals surface area (Å²) in [6, 6.07) is 9.24. The number of benzene rings is 1. The molecule has 16 heavy (non-hydrogen) atoms. The normalized spacial score (nSPS) is 12.8. The lowest BCUT2D eigenvalue weighted by Gasteiger charge is -2.12. The van der Waals surface area contributed by atoms with Gasteiger partial charge in [0.1, 0.15) is 6.10 Å². The van der Waals surface area contributed by atoms with E-state index in [1.165, 1.54) is 0 Å². The molecule has 86 valence electrons. The first-order valence-corrected chi connectivity index (χ1v) is 5.13. The fourth-order valence-electron chi connectivity index (χ4n) is 1.33. The topological polar surface area (TPSA) is 52.4 Å². The summed E-state index contributed by atoms with van der Waals surface area (Å²) in [6.07, 6.45) is 3.21. The zero-order valence-electron chi connectivity index (χ0n) is 9.20. The van der Waals surface area contributed by atoms with Crippen LogP contribution in [0.15, 0.2) is 42.5 Å². The van der Waals surface area contributed by atoms with E-state index >= 15 is 0 Å². The number of nitrogens with zero attached hydrogens (tertiary/aromatic N) is 1. The van der Waals surface area contributed by atoms with Crippen LogP contribution >= 0.6 is 0 Å². The molecular weight excluding hydrogens is 206 g/mol. The molecule has 0 fully saturated rings. The zero-order chi connectivity index (χ0) is 11.8. The Kier molecular flexibility index (Phi) is 5.22. The van der Waals surface area contributed by atoms with E-state index in [4.69, 9.17) is 4.74 Å². The van der Waals surface area contributed by atoms with Crippen LogP contribution in [0.2, 0.25) is 0 Å². The van der Waals surface area contributed by atoms with Crippen LogP contribution in [0.5, 0.6) is 0 Å². The molecule has 1 aromatic carbocycles. The summed E-state index contributed by atoms with van der Waals surface area (Å²) in [6.45, 7) is 2.07. The molecule has 0 saturated heterocycles. The van der Waals surface area contributed by atoms with Gasteiger partial charge in [0, 0.05) is 4.92 Å². The summed E-state index contributed by atoms with van der Waals surface area (Å²) < 4.78 is 5.45. The van der Waals surface area contributed by atoms with Crippen molar-refractivity contribution >= 4 is 0 Å². The Morgan fingerprint density at radius 1 is 1.44 bits per heavy atom. The van der Waals surface area contributed by atoms with Gasteiger partial charge in [-0.15, -0.1) is 0 Å². The van der Waals surface area contributed by atoms with Gasteiger partial charge >= 0.3 is 0 Å². The fraction of sp³-hybridized carbons (Fsp3) is 0.333. The number of ether oxygens (including phenoxy) is 1. The summed E-state index contributed by atoms with van der Waals surface area (Å²) in [5.74, 6) is 0. The first-order chi connectivity index (χ1) is 7.74. The second-order valence-corrected chi connectivity index (χ2v) is 3.32. The molecule has 0 bridgehead atoms. The molecule has 1 aromatic rings. The highest BCUT2D eigenvalue weighted by molar-refractivity contribution is 5.17. The van der Waals surface area contributed by atoms with E-state index in [2.05, 4.69) is 0 Å². The van der Waals surface area contributed by atoms with Crippen molar-refractivity contribution in [3.8, 4) is 0 Å². The molecule has 0 radical (unpaired) electrons. The van der Waals surface area contributed by atoms with Crippen molar-refractivity contribution in [3.05, 3.63) is 58.2 Å². The van der Waals surface area contributed by atoms with E-state index < -0.39 is 6.10 Å². The Bertz CT molecular complexity index is 349. The Morgan fingerprint density at radius 2 is 2.12 bits per heavy atom. The zero-order valence-corrected chi connectivity index (χ0v) is 9.20. The van der Waals surface area contributed by atoms with Crippen LogP contribution < -0.4 is 0 Å². The Hall–Kier alpha value is -1.68. The Balaban J connectivity index is 2.67. The van der Waals surface area contributed by atoms with Gasteiger partial charge in [0.25, 0.3) is 0 Å². The van der Waals surface area contributed by atoms with E-state index in [0.717, 1.165) is 5.56 Å². The van der Waals surface area contributed by atoms with E-state index in [9.17, 15) is 10.1 Å². The largest absolute Gasteiger partial charge is 0.363 e. The maximum atomic E-state index is 10.5. The quantitative estimate of drug-likeness (QED) is 0.421. The number of hydrogen-bond donors (Lipinski definition) is 0. The summed E-state index contributed by atoms with van der Waals surface area (Å²) in [5.41, 5.74) is 0.837. The number of hydrogen-bond acceptors (Lipinski definition) is 3. The summed E-state index contributed by atoms with van der Waals surface area (Å²) in [5, 5.41) is 10.5. The third kappa shape index (κ3) is 4.23. The SMILES string of the molecule is C/C=C/COC(C[N+](=O)[O-])c1ccccc1. The van der Waals surface area contributed by atoms with Crippen molar-refractivity contribution < 1.29 is 9.66 Å². The average molecular weight is 221 g/mol. The molecular formula is C12H15NO3. The second kappa shape index (κ2) is 6.74. The monoisotopic (exact) mass is 221 g/mol. The van der Waals surface area contributed by atoms with Gasteiger partial charge in [0.15, 0.2) is 0 Å². The lowest BCUT2D eigenvalue weighted by molar-refractivity contribution is -0.492. The van der Waals surface area contributed by atoms with Gasteiger partial charge in [-0.25, -0.2) is 0 Å². The molecule has 0 aromatic heterocycles. The third-order valence-corrected chi connectivity index (χ3v) is 2.12. The maximum Gasteiger partial charge on any atom is 0.233 e. The molecule has 1 atom stereocenters. The van der Waals surface area contributed by atoms with E-state index in [-0.39, 0.29) is 11.5 Å². The minimum Gasteiger partial charge on any atom is -0.363 e. The highest BCUT2D eigenvalue weighted by Crippen LogP contribution is 2.17. The highest BCUT2D eigenvalue weighted by atomic mass is 16.6. The van der Waals surface area contributed by atoms with Gasteiger partial charge in [-0.2, -0.15) is 0 Å². The van der Waals surface area contributed by atoms with Crippen LogP contribution in [0, 0.1) is 10.1 Å². The molecule has 1 unspecified atom stereocenters. The maximum absolute atomic E-state index is 10.5. The molecule has 0 aliphatic heterocycles. The molecule has 4 heteroatoms. The van der Waals surface area contributed by atoms with E-state index in [0.29, 0.717) is 6.61 Å². The van der Waals surface area contributed by atoms with Gasteiger partial charge in [-0.1, -0.05) is 42.5 Å². The minimum atomic E-state index is -0.479. The molecule has 0 saturated carbocycles. The van der Waals surface area contributed by atoms with Crippen LogP contribution in [0.3, 0.4) is 0 Å². The molecule has 0 spiro atoms.